The van der Waals surface area contributed by atoms with E-state index in [2.05, 4.69) is 14.3 Å². The van der Waals surface area contributed by atoms with Crippen molar-refractivity contribution in [3.05, 3.63) is 24.3 Å². The maximum Gasteiger partial charge on any atom is 0.240 e. The zero-order valence-electron chi connectivity index (χ0n) is 13.6. The highest BCUT2D eigenvalue weighted by atomic mass is 32.2. The van der Waals surface area contributed by atoms with Crippen LogP contribution in [0.2, 0.25) is 0 Å². The number of nitrogens with one attached hydrogen (secondary N) is 2. The minimum Gasteiger partial charge on any atom is -0.302 e. The molecule has 0 bridgehead atoms. The van der Waals surface area contributed by atoms with Crippen molar-refractivity contribution in [1.29, 1.82) is 0 Å². The number of hydrogen-bond donors (Lipinski definition) is 2. The molecule has 2 N–H and O–H groups in total. The van der Waals surface area contributed by atoms with Crippen molar-refractivity contribution in [3.8, 4) is 0 Å². The first-order valence-corrected chi connectivity index (χ1v) is 11.1. The fraction of sp³-hybridized carbons (Fsp3) is 0.600. The second-order valence-electron chi connectivity index (χ2n) is 6.48. The standard InChI is InChI=1S/C15H23N3O4S2/c1-18(13-4-5-13)11-10-16-23(19,20)14-6-8-15(9-7-14)24(21,22)17-12-2-3-12/h6-9,12-13,16-17H,2-5,10-11H2,1H3. The molecule has 0 amide bonds. The average molecular weight is 374 g/mol. The summed E-state index contributed by atoms with van der Waals surface area (Å²) in [4.78, 5) is 2.30. The molecule has 0 radical (unpaired) electrons. The van der Waals surface area contributed by atoms with Crippen LogP contribution in [0.5, 0.6) is 0 Å². The van der Waals surface area contributed by atoms with E-state index in [1.165, 1.54) is 37.1 Å². The number of sulfonamides is 2. The van der Waals surface area contributed by atoms with Gasteiger partial charge in [0, 0.05) is 25.2 Å². The van der Waals surface area contributed by atoms with Gasteiger partial charge in [-0.1, -0.05) is 0 Å². The molecule has 9 heteroatoms. The van der Waals surface area contributed by atoms with Crippen molar-refractivity contribution in [2.45, 2.75) is 47.6 Å². The molecule has 0 spiro atoms. The summed E-state index contributed by atoms with van der Waals surface area (Å²) >= 11 is 0. The van der Waals surface area contributed by atoms with Crippen molar-refractivity contribution in [2.75, 3.05) is 20.1 Å². The fourth-order valence-electron chi connectivity index (χ4n) is 2.42. The highest BCUT2D eigenvalue weighted by Crippen LogP contribution is 2.25. The number of likely N-dealkylation sites (N-methyl/N-ethyl adjacent to an activating group) is 1. The van der Waals surface area contributed by atoms with Gasteiger partial charge in [0.25, 0.3) is 0 Å². The summed E-state index contributed by atoms with van der Waals surface area (Å²) in [5, 5.41) is 0. The van der Waals surface area contributed by atoms with Gasteiger partial charge in [-0.2, -0.15) is 0 Å². The smallest absolute Gasteiger partial charge is 0.240 e. The molecule has 2 fully saturated rings. The Kier molecular flexibility index (Phi) is 4.99. The normalized spacial score (nSPS) is 18.9. The Bertz CT molecular complexity index is 783. The minimum atomic E-state index is -3.63. The predicted molar refractivity (Wildman–Crippen MR) is 90.6 cm³/mol. The second-order valence-corrected chi connectivity index (χ2v) is 9.96. The first-order valence-electron chi connectivity index (χ1n) is 8.10. The first kappa shape index (κ1) is 17.8. The van der Waals surface area contributed by atoms with Crippen molar-refractivity contribution in [3.63, 3.8) is 0 Å². The molecule has 0 saturated heterocycles. The lowest BCUT2D eigenvalue weighted by atomic mass is 10.4. The first-order chi connectivity index (χ1) is 11.3. The molecule has 2 aliphatic rings. The Hall–Kier alpha value is -1.00. The molecule has 3 rings (SSSR count). The third-order valence-corrected chi connectivity index (χ3v) is 7.28. The van der Waals surface area contributed by atoms with Crippen LogP contribution in [0.25, 0.3) is 0 Å². The molecule has 0 aromatic heterocycles. The van der Waals surface area contributed by atoms with Gasteiger partial charge in [-0.05, 0) is 57.0 Å². The summed E-state index contributed by atoms with van der Waals surface area (Å²) in [5.41, 5.74) is 0. The Morgan fingerprint density at radius 3 is 2.00 bits per heavy atom. The number of nitrogens with zero attached hydrogens (tertiary/aromatic N) is 1. The molecular weight excluding hydrogens is 350 g/mol. The number of hydrogen-bond acceptors (Lipinski definition) is 5. The van der Waals surface area contributed by atoms with E-state index < -0.39 is 20.0 Å². The van der Waals surface area contributed by atoms with Gasteiger partial charge in [-0.25, -0.2) is 26.3 Å². The van der Waals surface area contributed by atoms with Gasteiger partial charge in [0.05, 0.1) is 9.79 Å². The lowest BCUT2D eigenvalue weighted by molar-refractivity contribution is 0.329. The zero-order chi connectivity index (χ0) is 17.4. The summed E-state index contributed by atoms with van der Waals surface area (Å²) in [6.45, 7) is 0.986. The molecular formula is C15H23N3O4S2. The van der Waals surface area contributed by atoms with E-state index in [-0.39, 0.29) is 15.8 Å². The van der Waals surface area contributed by atoms with E-state index in [1.54, 1.807) is 0 Å². The molecule has 2 aliphatic carbocycles. The molecule has 24 heavy (non-hydrogen) atoms. The average Bonchev–Trinajstić information content (AvgIpc) is 3.40. The van der Waals surface area contributed by atoms with Crippen molar-refractivity contribution >= 4 is 20.0 Å². The van der Waals surface area contributed by atoms with E-state index in [4.69, 9.17) is 0 Å². The molecule has 134 valence electrons. The van der Waals surface area contributed by atoms with Crippen LogP contribution in [0.15, 0.2) is 34.1 Å². The van der Waals surface area contributed by atoms with Gasteiger partial charge < -0.3 is 4.90 Å². The number of rotatable bonds is 9. The summed E-state index contributed by atoms with van der Waals surface area (Å²) in [6.07, 6.45) is 4.05. The van der Waals surface area contributed by atoms with Crippen LogP contribution >= 0.6 is 0 Å². The highest BCUT2D eigenvalue weighted by Gasteiger charge is 2.28. The van der Waals surface area contributed by atoms with Gasteiger partial charge in [-0.3, -0.25) is 0 Å². The summed E-state index contributed by atoms with van der Waals surface area (Å²) in [7, 11) is -5.20. The highest BCUT2D eigenvalue weighted by molar-refractivity contribution is 7.90. The summed E-state index contributed by atoms with van der Waals surface area (Å²) < 4.78 is 53.8. The van der Waals surface area contributed by atoms with E-state index >= 15 is 0 Å². The predicted octanol–water partition coefficient (Wildman–Crippen LogP) is 0.500. The molecule has 0 unspecified atom stereocenters. The SMILES string of the molecule is CN(CCNS(=O)(=O)c1ccc(S(=O)(=O)NC2CC2)cc1)C1CC1. The second kappa shape index (κ2) is 6.72. The number of benzene rings is 1. The van der Waals surface area contributed by atoms with E-state index in [9.17, 15) is 16.8 Å². The maximum absolute atomic E-state index is 12.3. The largest absolute Gasteiger partial charge is 0.302 e. The van der Waals surface area contributed by atoms with Crippen LogP contribution < -0.4 is 9.44 Å². The lowest BCUT2D eigenvalue weighted by Gasteiger charge is -2.15. The maximum atomic E-state index is 12.3. The van der Waals surface area contributed by atoms with Crippen molar-refractivity contribution in [1.82, 2.24) is 14.3 Å². The molecule has 7 nitrogen and oxygen atoms in total. The Morgan fingerprint density at radius 2 is 1.50 bits per heavy atom. The molecule has 2 saturated carbocycles. The third kappa shape index (κ3) is 4.54. The van der Waals surface area contributed by atoms with Gasteiger partial charge in [0.15, 0.2) is 0 Å². The van der Waals surface area contributed by atoms with E-state index in [1.807, 2.05) is 7.05 Å². The van der Waals surface area contributed by atoms with Crippen LogP contribution in [0.3, 0.4) is 0 Å². The fourth-order valence-corrected chi connectivity index (χ4v) is 4.75. The topological polar surface area (TPSA) is 95.6 Å². The molecule has 1 aromatic carbocycles. The van der Waals surface area contributed by atoms with Gasteiger partial charge in [0.1, 0.15) is 0 Å². The van der Waals surface area contributed by atoms with Gasteiger partial charge in [0.2, 0.25) is 20.0 Å². The van der Waals surface area contributed by atoms with Crippen LogP contribution in [-0.4, -0.2) is 54.0 Å². The van der Waals surface area contributed by atoms with Crippen LogP contribution in [0, 0.1) is 0 Å². The van der Waals surface area contributed by atoms with E-state index in [0.29, 0.717) is 19.1 Å². The summed E-state index contributed by atoms with van der Waals surface area (Å²) in [5.74, 6) is 0. The van der Waals surface area contributed by atoms with E-state index in [0.717, 1.165) is 12.8 Å². The van der Waals surface area contributed by atoms with Gasteiger partial charge in [-0.15, -0.1) is 0 Å². The Morgan fingerprint density at radius 1 is 0.958 bits per heavy atom. The lowest BCUT2D eigenvalue weighted by Crippen LogP contribution is -2.34. The minimum absolute atomic E-state index is 0.0172. The molecule has 0 aliphatic heterocycles. The molecule has 1 aromatic rings. The van der Waals surface area contributed by atoms with Crippen LogP contribution in [0.1, 0.15) is 25.7 Å². The zero-order valence-corrected chi connectivity index (χ0v) is 15.2. The van der Waals surface area contributed by atoms with Crippen molar-refractivity contribution in [2.24, 2.45) is 0 Å². The molecule has 0 atom stereocenters. The summed E-state index contributed by atoms with van der Waals surface area (Å²) in [6, 6.07) is 5.91. The van der Waals surface area contributed by atoms with Gasteiger partial charge >= 0.3 is 0 Å². The third-order valence-electron chi connectivity index (χ3n) is 4.27. The Balaban J connectivity index is 1.60. The molecule has 0 heterocycles. The van der Waals surface area contributed by atoms with Crippen LogP contribution in [0.4, 0.5) is 0 Å². The monoisotopic (exact) mass is 373 g/mol. The quantitative estimate of drug-likeness (QED) is 0.657. The van der Waals surface area contributed by atoms with Crippen molar-refractivity contribution < 1.29 is 16.8 Å². The Labute approximate surface area is 143 Å². The van der Waals surface area contributed by atoms with Crippen LogP contribution in [-0.2, 0) is 20.0 Å².